The van der Waals surface area contributed by atoms with E-state index in [-0.39, 0.29) is 27.6 Å². The minimum Gasteiger partial charge on any atom is -0.382 e. The van der Waals surface area contributed by atoms with Crippen LogP contribution in [0, 0.1) is 0 Å². The Morgan fingerprint density at radius 1 is 1.31 bits per heavy atom. The fourth-order valence-corrected chi connectivity index (χ4v) is 1.43. The molecule has 0 aliphatic heterocycles. The lowest BCUT2D eigenvalue weighted by Gasteiger charge is -2.03. The van der Waals surface area contributed by atoms with Gasteiger partial charge in [0.25, 0.3) is 0 Å². The van der Waals surface area contributed by atoms with Gasteiger partial charge in [-0.05, 0) is 12.1 Å². The molecule has 0 atom stereocenters. The van der Waals surface area contributed by atoms with Gasteiger partial charge in [0.05, 0.1) is 5.69 Å². The van der Waals surface area contributed by atoms with Crippen molar-refractivity contribution < 1.29 is 4.79 Å². The summed E-state index contributed by atoms with van der Waals surface area (Å²) in [7, 11) is 0. The molecule has 82 valence electrons. The van der Waals surface area contributed by atoms with E-state index in [0.29, 0.717) is 5.69 Å². The Bertz CT molecular complexity index is 539. The van der Waals surface area contributed by atoms with Gasteiger partial charge in [0, 0.05) is 6.20 Å². The first-order valence-electron chi connectivity index (χ1n) is 4.26. The monoisotopic (exact) mass is 256 g/mol. The third-order valence-corrected chi connectivity index (χ3v) is 2.52. The molecule has 3 N–H and O–H groups in total. The number of anilines is 1. The van der Waals surface area contributed by atoms with E-state index in [0.717, 1.165) is 0 Å². The van der Waals surface area contributed by atoms with E-state index in [1.54, 1.807) is 18.3 Å². The van der Waals surface area contributed by atoms with Gasteiger partial charge >= 0.3 is 0 Å². The molecule has 2 aromatic heterocycles. The van der Waals surface area contributed by atoms with Crippen molar-refractivity contribution in [2.24, 2.45) is 0 Å². The lowest BCUT2D eigenvalue weighted by molar-refractivity contribution is 0.103. The van der Waals surface area contributed by atoms with Crippen LogP contribution in [0.4, 0.5) is 5.82 Å². The van der Waals surface area contributed by atoms with E-state index in [1.807, 2.05) is 0 Å². The Labute approximate surface area is 101 Å². The summed E-state index contributed by atoms with van der Waals surface area (Å²) in [5.41, 5.74) is 5.89. The number of nitrogens with zero attached hydrogens (tertiary/aromatic N) is 2. The maximum Gasteiger partial charge on any atom is 0.231 e. The second kappa shape index (κ2) is 4.11. The van der Waals surface area contributed by atoms with Gasteiger partial charge in [-0.1, -0.05) is 23.2 Å². The molecule has 2 aromatic rings. The van der Waals surface area contributed by atoms with Crippen molar-refractivity contribution in [3.63, 3.8) is 0 Å². The number of hydrogen-bond acceptors (Lipinski definition) is 4. The number of aromatic amines is 1. The number of hydrogen-bond donors (Lipinski definition) is 2. The van der Waals surface area contributed by atoms with Crippen LogP contribution in [0.5, 0.6) is 0 Å². The molecule has 0 amide bonds. The van der Waals surface area contributed by atoms with Gasteiger partial charge in [0.1, 0.15) is 0 Å². The van der Waals surface area contributed by atoms with Crippen molar-refractivity contribution in [3.05, 3.63) is 40.0 Å². The highest BCUT2D eigenvalue weighted by molar-refractivity contribution is 6.40. The number of ketones is 1. The molecule has 0 bridgehead atoms. The zero-order valence-electron chi connectivity index (χ0n) is 7.87. The highest BCUT2D eigenvalue weighted by Crippen LogP contribution is 2.21. The van der Waals surface area contributed by atoms with Crippen LogP contribution in [0.25, 0.3) is 0 Å². The SMILES string of the molecule is Nc1nc(Cl)c(Cl)nc1C(=O)c1ccc[nH]1. The highest BCUT2D eigenvalue weighted by Gasteiger charge is 2.18. The number of nitrogen functional groups attached to an aromatic ring is 1. The Morgan fingerprint density at radius 3 is 2.62 bits per heavy atom. The van der Waals surface area contributed by atoms with E-state index in [1.165, 1.54) is 0 Å². The summed E-state index contributed by atoms with van der Waals surface area (Å²) in [6, 6.07) is 3.29. The third-order valence-electron chi connectivity index (χ3n) is 1.90. The fourth-order valence-electron chi connectivity index (χ4n) is 1.17. The number of H-pyrrole nitrogens is 1. The van der Waals surface area contributed by atoms with E-state index in [9.17, 15) is 4.79 Å². The average Bonchev–Trinajstić information content (AvgIpc) is 2.75. The maximum absolute atomic E-state index is 11.9. The zero-order chi connectivity index (χ0) is 11.7. The molecule has 0 radical (unpaired) electrons. The van der Waals surface area contributed by atoms with E-state index in [2.05, 4.69) is 15.0 Å². The Hall–Kier alpha value is -1.59. The molecule has 2 rings (SSSR count). The molecule has 0 fully saturated rings. The van der Waals surface area contributed by atoms with Crippen molar-refractivity contribution in [1.29, 1.82) is 0 Å². The minimum atomic E-state index is -0.381. The minimum absolute atomic E-state index is 0.0168. The van der Waals surface area contributed by atoms with Crippen molar-refractivity contribution >= 4 is 34.8 Å². The topological polar surface area (TPSA) is 84.7 Å². The van der Waals surface area contributed by atoms with Gasteiger partial charge < -0.3 is 10.7 Å². The molecular weight excluding hydrogens is 251 g/mol. The van der Waals surface area contributed by atoms with Crippen LogP contribution in [0.1, 0.15) is 16.2 Å². The summed E-state index contributed by atoms with van der Waals surface area (Å²) < 4.78 is 0. The van der Waals surface area contributed by atoms with Crippen LogP contribution >= 0.6 is 23.2 Å². The molecule has 0 aliphatic rings. The van der Waals surface area contributed by atoms with E-state index < -0.39 is 0 Å². The number of halogens is 2. The van der Waals surface area contributed by atoms with Gasteiger partial charge in [-0.15, -0.1) is 0 Å². The number of nitrogens with one attached hydrogen (secondary N) is 1. The van der Waals surface area contributed by atoms with Crippen molar-refractivity contribution in [2.45, 2.75) is 0 Å². The second-order valence-corrected chi connectivity index (χ2v) is 3.67. The standard InChI is InChI=1S/C9H6Cl2N4O/c10-7-8(11)15-9(12)5(14-7)6(16)4-2-1-3-13-4/h1-3,13H,(H2,12,15). The number of nitrogens with two attached hydrogens (primary N) is 1. The lowest BCUT2D eigenvalue weighted by Crippen LogP contribution is -2.10. The van der Waals surface area contributed by atoms with E-state index >= 15 is 0 Å². The summed E-state index contributed by atoms with van der Waals surface area (Å²) in [4.78, 5) is 22.1. The predicted molar refractivity (Wildman–Crippen MR) is 60.7 cm³/mol. The zero-order valence-corrected chi connectivity index (χ0v) is 9.38. The van der Waals surface area contributed by atoms with Gasteiger partial charge in [0.15, 0.2) is 21.8 Å². The summed E-state index contributed by atoms with van der Waals surface area (Å²) in [6.07, 6.45) is 1.62. The average molecular weight is 257 g/mol. The number of rotatable bonds is 2. The smallest absolute Gasteiger partial charge is 0.231 e. The molecule has 0 saturated carbocycles. The van der Waals surface area contributed by atoms with Crippen LogP contribution in [-0.4, -0.2) is 20.7 Å². The number of carbonyl (C=O) groups excluding carboxylic acids is 1. The first kappa shape index (κ1) is 10.9. The third kappa shape index (κ3) is 1.87. The van der Waals surface area contributed by atoms with Crippen LogP contribution in [0.15, 0.2) is 18.3 Å². The van der Waals surface area contributed by atoms with Gasteiger partial charge in [-0.2, -0.15) is 0 Å². The number of aromatic nitrogens is 3. The Kier molecular flexibility index (Phi) is 2.80. The largest absolute Gasteiger partial charge is 0.382 e. The Balaban J connectivity index is 2.49. The molecular formula is C9H6Cl2N4O. The van der Waals surface area contributed by atoms with Gasteiger partial charge in [-0.25, -0.2) is 9.97 Å². The van der Waals surface area contributed by atoms with E-state index in [4.69, 9.17) is 28.9 Å². The molecule has 2 heterocycles. The van der Waals surface area contributed by atoms with Crippen molar-refractivity contribution in [3.8, 4) is 0 Å². The summed E-state index contributed by atoms with van der Waals surface area (Å²) in [6.45, 7) is 0. The highest BCUT2D eigenvalue weighted by atomic mass is 35.5. The fraction of sp³-hybridized carbons (Fsp3) is 0. The first-order chi connectivity index (χ1) is 7.59. The van der Waals surface area contributed by atoms with Crippen LogP contribution in [0.3, 0.4) is 0 Å². The number of carbonyl (C=O) groups is 1. The Morgan fingerprint density at radius 2 is 2.00 bits per heavy atom. The normalized spacial score (nSPS) is 10.4. The van der Waals surface area contributed by atoms with Crippen LogP contribution < -0.4 is 5.73 Å². The second-order valence-electron chi connectivity index (χ2n) is 2.95. The van der Waals surface area contributed by atoms with Crippen LogP contribution in [-0.2, 0) is 0 Å². The molecule has 0 unspecified atom stereocenters. The van der Waals surface area contributed by atoms with Gasteiger partial charge in [-0.3, -0.25) is 4.79 Å². The lowest BCUT2D eigenvalue weighted by atomic mass is 10.2. The van der Waals surface area contributed by atoms with Crippen molar-refractivity contribution in [1.82, 2.24) is 15.0 Å². The summed E-state index contributed by atoms with van der Waals surface area (Å²) in [5, 5.41) is -0.0759. The summed E-state index contributed by atoms with van der Waals surface area (Å²) in [5.74, 6) is -0.428. The molecule has 5 nitrogen and oxygen atoms in total. The molecule has 7 heteroatoms. The predicted octanol–water partition coefficient (Wildman–Crippen LogP) is 1.92. The molecule has 16 heavy (non-hydrogen) atoms. The molecule has 0 spiro atoms. The van der Waals surface area contributed by atoms with Crippen molar-refractivity contribution in [2.75, 3.05) is 5.73 Å². The molecule has 0 aliphatic carbocycles. The quantitative estimate of drug-likeness (QED) is 0.805. The van der Waals surface area contributed by atoms with Crippen LogP contribution in [0.2, 0.25) is 10.3 Å². The molecule has 0 saturated heterocycles. The molecule has 0 aromatic carbocycles. The first-order valence-corrected chi connectivity index (χ1v) is 5.02. The van der Waals surface area contributed by atoms with Gasteiger partial charge in [0.2, 0.25) is 5.78 Å². The maximum atomic E-state index is 11.9. The summed E-state index contributed by atoms with van der Waals surface area (Å²) >= 11 is 11.3.